The molecule has 7 nitrogen and oxygen atoms in total. The number of aromatic nitrogens is 2. The van der Waals surface area contributed by atoms with Crippen LogP contribution < -0.4 is 11.4 Å². The topological polar surface area (TPSA) is 111 Å². The van der Waals surface area contributed by atoms with Gasteiger partial charge >= 0.3 is 5.69 Å². The zero-order valence-electron chi connectivity index (χ0n) is 9.76. The third kappa shape index (κ3) is 2.24. The number of methoxy groups -OCH3 is 1. The molecule has 0 radical (unpaired) electrons. The van der Waals surface area contributed by atoms with E-state index in [1.165, 1.54) is 35.7 Å². The van der Waals surface area contributed by atoms with Gasteiger partial charge in [0.15, 0.2) is 0 Å². The molecule has 1 aromatic heterocycles. The van der Waals surface area contributed by atoms with Crippen LogP contribution in [0.5, 0.6) is 0 Å². The third-order valence-electron chi connectivity index (χ3n) is 2.89. The first-order valence-corrected chi connectivity index (χ1v) is 6.34. The van der Waals surface area contributed by atoms with Crippen molar-refractivity contribution in [3.8, 4) is 0 Å². The van der Waals surface area contributed by atoms with Crippen molar-refractivity contribution >= 4 is 17.6 Å². The molecular weight excluding hydrogens is 258 g/mol. The van der Waals surface area contributed by atoms with Crippen LogP contribution in [0, 0.1) is 0 Å². The number of hydrogen-bond donors (Lipinski definition) is 3. The highest BCUT2D eigenvalue weighted by atomic mass is 32.2. The number of ether oxygens (including phenoxy) is 1. The molecule has 8 heteroatoms. The molecule has 0 amide bonds. The second-order valence-electron chi connectivity index (χ2n) is 3.98. The molecule has 0 spiro atoms. The average molecular weight is 273 g/mol. The van der Waals surface area contributed by atoms with Crippen molar-refractivity contribution in [3.05, 3.63) is 22.7 Å². The van der Waals surface area contributed by atoms with Crippen LogP contribution in [0.3, 0.4) is 0 Å². The monoisotopic (exact) mass is 273 g/mol. The van der Waals surface area contributed by atoms with Crippen LogP contribution in [0.1, 0.15) is 5.37 Å². The molecule has 0 bridgehead atoms. The highest BCUT2D eigenvalue weighted by molar-refractivity contribution is 8.00. The van der Waals surface area contributed by atoms with Crippen LogP contribution >= 0.6 is 11.8 Å². The molecule has 0 aromatic carbocycles. The van der Waals surface area contributed by atoms with Gasteiger partial charge in [0.1, 0.15) is 17.3 Å². The van der Waals surface area contributed by atoms with E-state index in [2.05, 4.69) is 4.98 Å². The first-order valence-electron chi connectivity index (χ1n) is 5.40. The van der Waals surface area contributed by atoms with E-state index >= 15 is 0 Å². The molecule has 2 rings (SSSR count). The fourth-order valence-corrected chi connectivity index (χ4v) is 3.45. The molecule has 2 heterocycles. The predicted octanol–water partition coefficient (Wildman–Crippen LogP) is -1.19. The van der Waals surface area contributed by atoms with Gasteiger partial charge in [-0.2, -0.15) is 4.98 Å². The number of rotatable bonds is 3. The minimum absolute atomic E-state index is 0.146. The summed E-state index contributed by atoms with van der Waals surface area (Å²) in [7, 11) is 1.46. The molecule has 4 atom stereocenters. The van der Waals surface area contributed by atoms with Gasteiger partial charge in [-0.3, -0.25) is 4.57 Å². The summed E-state index contributed by atoms with van der Waals surface area (Å²) in [6.07, 6.45) is 0.107. The minimum Gasteiger partial charge on any atom is -0.395 e. The second-order valence-corrected chi connectivity index (χ2v) is 5.34. The van der Waals surface area contributed by atoms with Gasteiger partial charge in [0.2, 0.25) is 0 Å². The van der Waals surface area contributed by atoms with Crippen LogP contribution in [-0.4, -0.2) is 50.9 Å². The van der Waals surface area contributed by atoms with Gasteiger partial charge in [-0.25, -0.2) is 4.79 Å². The lowest BCUT2D eigenvalue weighted by Crippen LogP contribution is -2.37. The Morgan fingerprint density at radius 3 is 2.94 bits per heavy atom. The summed E-state index contributed by atoms with van der Waals surface area (Å²) < 4.78 is 6.56. The van der Waals surface area contributed by atoms with Crippen LogP contribution in [0.25, 0.3) is 0 Å². The van der Waals surface area contributed by atoms with Gasteiger partial charge in [-0.15, -0.1) is 11.8 Å². The summed E-state index contributed by atoms with van der Waals surface area (Å²) in [6, 6.07) is 1.51. The standard InChI is InChI=1S/C10H15N3O4S/c1-17-8-7(15)5(4-14)18-9(8)13-3-2-6(11)12-10(13)16/h2-3,5,7-9,14-15H,4H2,1H3,(H2,11,12,16)/t5-,7-,8-,9-/m1/s1. The molecule has 18 heavy (non-hydrogen) atoms. The molecule has 0 unspecified atom stereocenters. The molecule has 4 N–H and O–H groups in total. The van der Waals surface area contributed by atoms with Crippen molar-refractivity contribution in [3.63, 3.8) is 0 Å². The molecule has 0 aliphatic carbocycles. The van der Waals surface area contributed by atoms with Crippen LogP contribution in [0.15, 0.2) is 17.1 Å². The molecule has 1 fully saturated rings. The van der Waals surface area contributed by atoms with E-state index in [0.29, 0.717) is 0 Å². The van der Waals surface area contributed by atoms with E-state index in [4.69, 9.17) is 15.6 Å². The Labute approximate surface area is 108 Å². The summed E-state index contributed by atoms with van der Waals surface area (Å²) >= 11 is 1.28. The number of hydrogen-bond acceptors (Lipinski definition) is 7. The molecule has 0 saturated carbocycles. The Bertz CT molecular complexity index is 480. The fourth-order valence-electron chi connectivity index (χ4n) is 1.97. The lowest BCUT2D eigenvalue weighted by molar-refractivity contribution is -0.0189. The highest BCUT2D eigenvalue weighted by Gasteiger charge is 2.44. The van der Waals surface area contributed by atoms with E-state index < -0.39 is 23.3 Å². The first kappa shape index (κ1) is 13.3. The first-order chi connectivity index (χ1) is 8.58. The maximum Gasteiger partial charge on any atom is 0.350 e. The fraction of sp³-hybridized carbons (Fsp3) is 0.600. The Balaban J connectivity index is 2.35. The zero-order valence-corrected chi connectivity index (χ0v) is 10.6. The van der Waals surface area contributed by atoms with E-state index in [0.717, 1.165) is 0 Å². The number of aliphatic hydroxyl groups excluding tert-OH is 2. The number of nitrogens with zero attached hydrogens (tertiary/aromatic N) is 2. The van der Waals surface area contributed by atoms with Crippen LogP contribution in [0.2, 0.25) is 0 Å². The quantitative estimate of drug-likeness (QED) is 0.635. The van der Waals surface area contributed by atoms with Gasteiger partial charge in [0.05, 0.1) is 18.0 Å². The lowest BCUT2D eigenvalue weighted by Gasteiger charge is -2.21. The average Bonchev–Trinajstić information content (AvgIpc) is 2.65. The number of nitrogens with two attached hydrogens (primary N) is 1. The smallest absolute Gasteiger partial charge is 0.350 e. The van der Waals surface area contributed by atoms with Gasteiger partial charge in [0, 0.05) is 13.3 Å². The van der Waals surface area contributed by atoms with Crippen LogP contribution in [-0.2, 0) is 4.74 Å². The van der Waals surface area contributed by atoms with Crippen molar-refractivity contribution in [2.75, 3.05) is 19.5 Å². The SMILES string of the molecule is CO[C@@H]1[C@H](O)[C@@H](CO)S[C@H]1n1ccc(N)nc1=O. The maximum absolute atomic E-state index is 11.7. The molecule has 1 aliphatic rings. The number of aliphatic hydroxyl groups is 2. The zero-order chi connectivity index (χ0) is 13.3. The van der Waals surface area contributed by atoms with Gasteiger partial charge < -0.3 is 20.7 Å². The summed E-state index contributed by atoms with van der Waals surface area (Å²) in [5.41, 5.74) is 4.92. The maximum atomic E-state index is 11.7. The van der Waals surface area contributed by atoms with Crippen molar-refractivity contribution in [1.82, 2.24) is 9.55 Å². The summed E-state index contributed by atoms with van der Waals surface area (Å²) in [5.74, 6) is 0.146. The van der Waals surface area contributed by atoms with Gasteiger partial charge in [-0.05, 0) is 6.07 Å². The Kier molecular flexibility index (Phi) is 3.91. The van der Waals surface area contributed by atoms with Gasteiger partial charge in [-0.1, -0.05) is 0 Å². The summed E-state index contributed by atoms with van der Waals surface area (Å²) in [5, 5.41) is 18.3. The predicted molar refractivity (Wildman–Crippen MR) is 67.2 cm³/mol. The molecule has 1 saturated heterocycles. The van der Waals surface area contributed by atoms with Gasteiger partial charge in [0.25, 0.3) is 0 Å². The summed E-state index contributed by atoms with van der Waals surface area (Å²) in [6.45, 7) is -0.181. The molecule has 100 valence electrons. The normalized spacial score (nSPS) is 31.7. The number of nitrogen functional groups attached to an aromatic ring is 1. The minimum atomic E-state index is -0.834. The molecule has 1 aromatic rings. The molecule has 1 aliphatic heterocycles. The van der Waals surface area contributed by atoms with E-state index in [9.17, 15) is 9.90 Å². The van der Waals surface area contributed by atoms with Crippen molar-refractivity contribution in [2.45, 2.75) is 22.8 Å². The number of anilines is 1. The Morgan fingerprint density at radius 1 is 1.67 bits per heavy atom. The van der Waals surface area contributed by atoms with E-state index in [-0.39, 0.29) is 17.7 Å². The van der Waals surface area contributed by atoms with E-state index in [1.54, 1.807) is 0 Å². The lowest BCUT2D eigenvalue weighted by atomic mass is 10.1. The number of thioether (sulfide) groups is 1. The summed E-state index contributed by atoms with van der Waals surface area (Å²) in [4.78, 5) is 15.4. The largest absolute Gasteiger partial charge is 0.395 e. The van der Waals surface area contributed by atoms with Crippen molar-refractivity contribution in [2.24, 2.45) is 0 Å². The van der Waals surface area contributed by atoms with Crippen LogP contribution in [0.4, 0.5) is 5.82 Å². The van der Waals surface area contributed by atoms with E-state index in [1.807, 2.05) is 0 Å². The van der Waals surface area contributed by atoms with Crippen molar-refractivity contribution < 1.29 is 14.9 Å². The molecular formula is C10H15N3O4S. The Morgan fingerprint density at radius 2 is 2.39 bits per heavy atom. The highest BCUT2D eigenvalue weighted by Crippen LogP contribution is 2.42. The second kappa shape index (κ2) is 5.27. The van der Waals surface area contributed by atoms with Crippen molar-refractivity contribution in [1.29, 1.82) is 0 Å². The third-order valence-corrected chi connectivity index (χ3v) is 4.44. The Hall–Kier alpha value is -1.09.